The molecular formula is C11H14N4O2. The van der Waals surface area contributed by atoms with Crippen LogP contribution in [0.15, 0.2) is 15.5 Å². The van der Waals surface area contributed by atoms with Gasteiger partial charge in [0.1, 0.15) is 0 Å². The minimum absolute atomic E-state index is 0.148. The predicted molar refractivity (Wildman–Crippen MR) is 64.6 cm³/mol. The van der Waals surface area contributed by atoms with Crippen LogP contribution < -0.4 is 5.56 Å². The van der Waals surface area contributed by atoms with Gasteiger partial charge in [0, 0.05) is 19.8 Å². The van der Waals surface area contributed by atoms with Crippen LogP contribution in [0.5, 0.6) is 0 Å². The van der Waals surface area contributed by atoms with Gasteiger partial charge < -0.3 is 0 Å². The zero-order chi connectivity index (χ0) is 12.7. The van der Waals surface area contributed by atoms with Gasteiger partial charge in [-0.3, -0.25) is 19.4 Å². The molecule has 1 amide bonds. The van der Waals surface area contributed by atoms with Gasteiger partial charge in [-0.25, -0.2) is 5.01 Å². The average molecular weight is 234 g/mol. The zero-order valence-electron chi connectivity index (χ0n) is 10.2. The van der Waals surface area contributed by atoms with Gasteiger partial charge in [0.2, 0.25) is 0 Å². The van der Waals surface area contributed by atoms with Gasteiger partial charge in [-0.1, -0.05) is 0 Å². The molecule has 0 spiro atoms. The first kappa shape index (κ1) is 11.4. The Balaban J connectivity index is 2.55. The summed E-state index contributed by atoms with van der Waals surface area (Å²) in [6, 6.07) is 0. The smallest absolute Gasteiger partial charge is 0.275 e. The number of H-pyrrole nitrogens is 1. The monoisotopic (exact) mass is 234 g/mol. The molecule has 2 rings (SSSR count). The van der Waals surface area contributed by atoms with E-state index < -0.39 is 0 Å². The van der Waals surface area contributed by atoms with E-state index in [1.807, 2.05) is 0 Å². The number of carbonyl (C=O) groups excluding carboxylic acids is 1. The van der Waals surface area contributed by atoms with Crippen molar-refractivity contribution in [1.82, 2.24) is 14.8 Å². The molecule has 0 unspecified atom stereocenters. The average Bonchev–Trinajstić information content (AvgIpc) is 2.62. The molecular weight excluding hydrogens is 220 g/mol. The van der Waals surface area contributed by atoms with Crippen LogP contribution >= 0.6 is 0 Å². The number of aromatic amines is 1. The molecule has 0 saturated carbocycles. The normalized spacial score (nSPS) is 18.1. The Bertz CT molecular complexity index is 603. The van der Waals surface area contributed by atoms with E-state index in [-0.39, 0.29) is 11.5 Å². The first-order chi connectivity index (χ1) is 7.91. The first-order valence-electron chi connectivity index (χ1n) is 5.22. The Labute approximate surface area is 98.2 Å². The topological polar surface area (TPSA) is 70.5 Å². The van der Waals surface area contributed by atoms with Crippen molar-refractivity contribution in [3.63, 3.8) is 0 Å². The van der Waals surface area contributed by atoms with Crippen molar-refractivity contribution in [2.45, 2.75) is 13.8 Å². The van der Waals surface area contributed by atoms with Crippen molar-refractivity contribution < 1.29 is 4.79 Å². The third-order valence-corrected chi connectivity index (χ3v) is 2.78. The Morgan fingerprint density at radius 1 is 1.24 bits per heavy atom. The third kappa shape index (κ3) is 1.71. The number of aromatic nitrogens is 2. The quantitative estimate of drug-likeness (QED) is 0.708. The molecule has 0 aliphatic carbocycles. The standard InChI is InChI=1S/C11H14N4O2/c1-6-8(10(16)14(3)12-6)5-9-7(2)13-15(4)11(9)17/h5,12H,1-4H3. The van der Waals surface area contributed by atoms with Gasteiger partial charge in [0.25, 0.3) is 11.5 Å². The summed E-state index contributed by atoms with van der Waals surface area (Å²) in [5.74, 6) is -0.190. The lowest BCUT2D eigenvalue weighted by atomic mass is 10.1. The number of hydrazone groups is 1. The SMILES string of the molecule is CC1=NN(C)C(=O)C1=Cc1c(C)[nH]n(C)c1=O. The number of nitrogens with zero attached hydrogens (tertiary/aromatic N) is 3. The molecule has 6 heteroatoms. The number of likely N-dealkylation sites (N-methyl/N-ethyl adjacent to an activating group) is 1. The lowest BCUT2D eigenvalue weighted by Crippen LogP contribution is -2.18. The maximum atomic E-state index is 11.8. The Morgan fingerprint density at radius 2 is 1.88 bits per heavy atom. The molecule has 90 valence electrons. The van der Waals surface area contributed by atoms with Crippen molar-refractivity contribution >= 4 is 17.7 Å². The summed E-state index contributed by atoms with van der Waals surface area (Å²) in [4.78, 5) is 23.6. The number of hydrogen-bond donors (Lipinski definition) is 1. The minimum atomic E-state index is -0.190. The number of aryl methyl sites for hydroxylation is 2. The van der Waals surface area contributed by atoms with Gasteiger partial charge >= 0.3 is 0 Å². The fourth-order valence-corrected chi connectivity index (χ4v) is 1.84. The molecule has 1 aromatic rings. The van der Waals surface area contributed by atoms with E-state index in [1.165, 1.54) is 9.69 Å². The Kier molecular flexibility index (Phi) is 2.49. The van der Waals surface area contributed by atoms with Crippen LogP contribution in [0.2, 0.25) is 0 Å². The van der Waals surface area contributed by atoms with E-state index in [1.54, 1.807) is 34.0 Å². The highest BCUT2D eigenvalue weighted by Gasteiger charge is 2.25. The van der Waals surface area contributed by atoms with Crippen molar-refractivity contribution in [2.75, 3.05) is 7.05 Å². The molecule has 1 N–H and O–H groups in total. The highest BCUT2D eigenvalue weighted by atomic mass is 16.2. The Hall–Kier alpha value is -2.11. The lowest BCUT2D eigenvalue weighted by Gasteiger charge is -2.00. The maximum Gasteiger partial charge on any atom is 0.275 e. The molecule has 1 aliphatic rings. The van der Waals surface area contributed by atoms with Crippen molar-refractivity contribution in [3.05, 3.63) is 27.2 Å². The number of hydrogen-bond acceptors (Lipinski definition) is 3. The van der Waals surface area contributed by atoms with Crippen LogP contribution in [0.25, 0.3) is 6.08 Å². The molecule has 0 atom stereocenters. The number of amides is 1. The van der Waals surface area contributed by atoms with E-state index >= 15 is 0 Å². The summed E-state index contributed by atoms with van der Waals surface area (Å²) >= 11 is 0. The molecule has 0 bridgehead atoms. The van der Waals surface area contributed by atoms with Crippen LogP contribution in [0.4, 0.5) is 0 Å². The summed E-state index contributed by atoms with van der Waals surface area (Å²) in [5, 5.41) is 8.18. The molecule has 1 aromatic heterocycles. The van der Waals surface area contributed by atoms with Crippen LogP contribution in [-0.4, -0.2) is 33.5 Å². The van der Waals surface area contributed by atoms with Crippen LogP contribution in [0.1, 0.15) is 18.2 Å². The summed E-state index contributed by atoms with van der Waals surface area (Å²) in [7, 11) is 3.23. The van der Waals surface area contributed by atoms with Crippen molar-refractivity contribution in [2.24, 2.45) is 12.1 Å². The minimum Gasteiger partial charge on any atom is -0.300 e. The van der Waals surface area contributed by atoms with E-state index in [2.05, 4.69) is 10.2 Å². The second-order valence-corrected chi connectivity index (χ2v) is 4.09. The molecule has 6 nitrogen and oxygen atoms in total. The molecule has 0 saturated heterocycles. The third-order valence-electron chi connectivity index (χ3n) is 2.78. The maximum absolute atomic E-state index is 11.8. The number of rotatable bonds is 1. The highest BCUT2D eigenvalue weighted by molar-refractivity contribution is 6.26. The fourth-order valence-electron chi connectivity index (χ4n) is 1.84. The van der Waals surface area contributed by atoms with Gasteiger partial charge in [-0.2, -0.15) is 5.10 Å². The van der Waals surface area contributed by atoms with Crippen LogP contribution in [0, 0.1) is 6.92 Å². The van der Waals surface area contributed by atoms with E-state index in [0.29, 0.717) is 16.8 Å². The molecule has 0 radical (unpaired) electrons. The lowest BCUT2D eigenvalue weighted by molar-refractivity contribution is -0.124. The highest BCUT2D eigenvalue weighted by Crippen LogP contribution is 2.16. The van der Waals surface area contributed by atoms with Crippen molar-refractivity contribution in [1.29, 1.82) is 0 Å². The fraction of sp³-hybridized carbons (Fsp3) is 0.364. The van der Waals surface area contributed by atoms with Gasteiger partial charge in [-0.15, -0.1) is 0 Å². The molecule has 17 heavy (non-hydrogen) atoms. The second-order valence-electron chi connectivity index (χ2n) is 4.09. The first-order valence-corrected chi connectivity index (χ1v) is 5.22. The molecule has 0 aromatic carbocycles. The van der Waals surface area contributed by atoms with Gasteiger partial charge in [-0.05, 0) is 19.9 Å². The van der Waals surface area contributed by atoms with E-state index in [9.17, 15) is 9.59 Å². The summed E-state index contributed by atoms with van der Waals surface area (Å²) in [6.45, 7) is 3.54. The predicted octanol–water partition coefficient (Wildman–Crippen LogP) is 0.253. The Morgan fingerprint density at radius 3 is 2.29 bits per heavy atom. The summed E-state index contributed by atoms with van der Waals surface area (Å²) < 4.78 is 1.39. The number of nitrogens with one attached hydrogen (secondary N) is 1. The zero-order valence-corrected chi connectivity index (χ0v) is 10.2. The van der Waals surface area contributed by atoms with Crippen LogP contribution in [0.3, 0.4) is 0 Å². The molecule has 0 fully saturated rings. The van der Waals surface area contributed by atoms with Gasteiger partial charge in [0.05, 0.1) is 16.8 Å². The summed E-state index contributed by atoms with van der Waals surface area (Å²) in [5.41, 5.74) is 2.18. The van der Waals surface area contributed by atoms with Crippen LogP contribution in [-0.2, 0) is 11.8 Å². The van der Waals surface area contributed by atoms with Gasteiger partial charge in [0.15, 0.2) is 0 Å². The summed E-state index contributed by atoms with van der Waals surface area (Å²) in [6.07, 6.45) is 1.60. The van der Waals surface area contributed by atoms with E-state index in [4.69, 9.17) is 0 Å². The molecule has 2 heterocycles. The van der Waals surface area contributed by atoms with Crippen molar-refractivity contribution in [3.8, 4) is 0 Å². The second kappa shape index (κ2) is 3.73. The largest absolute Gasteiger partial charge is 0.300 e. The molecule has 1 aliphatic heterocycles. The number of carbonyl (C=O) groups is 1. The van der Waals surface area contributed by atoms with E-state index in [0.717, 1.165) is 5.69 Å².